The van der Waals surface area contributed by atoms with Gasteiger partial charge in [-0.05, 0) is 19.3 Å². The van der Waals surface area contributed by atoms with Gasteiger partial charge in [0, 0.05) is 24.6 Å². The van der Waals surface area contributed by atoms with E-state index >= 15 is 0 Å². The van der Waals surface area contributed by atoms with Crippen molar-refractivity contribution in [1.82, 2.24) is 5.16 Å². The van der Waals surface area contributed by atoms with Crippen LogP contribution in [0, 0.1) is 0 Å². The van der Waals surface area contributed by atoms with Crippen molar-refractivity contribution in [2.75, 3.05) is 18.0 Å². The first-order valence-electron chi connectivity index (χ1n) is 5.79. The van der Waals surface area contributed by atoms with E-state index in [0.29, 0.717) is 0 Å². The van der Waals surface area contributed by atoms with Crippen LogP contribution >= 0.6 is 0 Å². The van der Waals surface area contributed by atoms with Gasteiger partial charge in [-0.1, -0.05) is 25.9 Å². The molecule has 0 N–H and O–H groups in total. The maximum absolute atomic E-state index is 5.41. The maximum atomic E-state index is 5.41. The fourth-order valence-electron chi connectivity index (χ4n) is 1.88. The summed E-state index contributed by atoms with van der Waals surface area (Å²) < 4.78 is 5.41. The monoisotopic (exact) mass is 208 g/mol. The summed E-state index contributed by atoms with van der Waals surface area (Å²) >= 11 is 0. The minimum atomic E-state index is 0.0809. The molecule has 1 aromatic rings. The van der Waals surface area contributed by atoms with Crippen LogP contribution in [0.5, 0.6) is 0 Å². The van der Waals surface area contributed by atoms with Crippen molar-refractivity contribution in [3.63, 3.8) is 0 Å². The zero-order chi connectivity index (χ0) is 10.9. The number of rotatable bonds is 1. The number of anilines is 1. The van der Waals surface area contributed by atoms with E-state index < -0.39 is 0 Å². The van der Waals surface area contributed by atoms with Crippen molar-refractivity contribution >= 4 is 5.88 Å². The lowest BCUT2D eigenvalue weighted by Crippen LogP contribution is -2.28. The van der Waals surface area contributed by atoms with Crippen LogP contribution < -0.4 is 4.90 Å². The van der Waals surface area contributed by atoms with E-state index in [1.54, 1.807) is 0 Å². The molecular weight excluding hydrogens is 188 g/mol. The fraction of sp³-hybridized carbons (Fsp3) is 0.750. The molecule has 1 aliphatic heterocycles. The van der Waals surface area contributed by atoms with Crippen LogP contribution in [-0.2, 0) is 5.41 Å². The van der Waals surface area contributed by atoms with Gasteiger partial charge in [-0.2, -0.15) is 0 Å². The van der Waals surface area contributed by atoms with Crippen molar-refractivity contribution in [3.05, 3.63) is 11.8 Å². The van der Waals surface area contributed by atoms with Gasteiger partial charge in [0.05, 0.1) is 5.69 Å². The molecule has 0 aromatic carbocycles. The Labute approximate surface area is 91.4 Å². The quantitative estimate of drug-likeness (QED) is 0.710. The molecule has 0 unspecified atom stereocenters. The van der Waals surface area contributed by atoms with E-state index in [0.717, 1.165) is 24.7 Å². The highest BCUT2D eigenvalue weighted by Gasteiger charge is 2.21. The first kappa shape index (κ1) is 10.5. The first-order chi connectivity index (χ1) is 7.07. The molecule has 3 heteroatoms. The van der Waals surface area contributed by atoms with Gasteiger partial charge in [-0.15, -0.1) is 0 Å². The number of aromatic nitrogens is 1. The third-order valence-corrected chi connectivity index (χ3v) is 2.93. The van der Waals surface area contributed by atoms with Crippen LogP contribution in [0.4, 0.5) is 5.88 Å². The summed E-state index contributed by atoms with van der Waals surface area (Å²) in [6.45, 7) is 8.69. The highest BCUT2D eigenvalue weighted by atomic mass is 16.5. The number of hydrogen-bond acceptors (Lipinski definition) is 3. The molecule has 0 atom stereocenters. The van der Waals surface area contributed by atoms with Gasteiger partial charge in [-0.3, -0.25) is 0 Å². The maximum Gasteiger partial charge on any atom is 0.227 e. The topological polar surface area (TPSA) is 29.3 Å². The zero-order valence-electron chi connectivity index (χ0n) is 9.92. The standard InChI is InChI=1S/C12H20N2O/c1-12(2,3)10-9-11(15-13-10)14-7-5-4-6-8-14/h9H,4-8H2,1-3H3. The van der Waals surface area contributed by atoms with E-state index in [-0.39, 0.29) is 5.41 Å². The van der Waals surface area contributed by atoms with Crippen LogP contribution in [0.2, 0.25) is 0 Å². The second kappa shape index (κ2) is 3.87. The SMILES string of the molecule is CC(C)(C)c1cc(N2CCCCC2)on1. The Kier molecular flexibility index (Phi) is 2.72. The Bertz CT molecular complexity index is 319. The van der Waals surface area contributed by atoms with Gasteiger partial charge in [-0.25, -0.2) is 0 Å². The number of hydrogen-bond donors (Lipinski definition) is 0. The molecule has 3 nitrogen and oxygen atoms in total. The minimum Gasteiger partial charge on any atom is -0.341 e. The summed E-state index contributed by atoms with van der Waals surface area (Å²) in [5.41, 5.74) is 1.13. The summed E-state index contributed by atoms with van der Waals surface area (Å²) in [6, 6.07) is 2.09. The van der Waals surface area contributed by atoms with Crippen molar-refractivity contribution in [3.8, 4) is 0 Å². The highest BCUT2D eigenvalue weighted by molar-refractivity contribution is 5.37. The predicted molar refractivity (Wildman–Crippen MR) is 61.3 cm³/mol. The molecule has 1 saturated heterocycles. The normalized spacial score (nSPS) is 18.2. The Morgan fingerprint density at radius 2 is 1.87 bits per heavy atom. The molecule has 2 rings (SSSR count). The zero-order valence-corrected chi connectivity index (χ0v) is 9.92. The van der Waals surface area contributed by atoms with Gasteiger partial charge in [0.1, 0.15) is 0 Å². The third kappa shape index (κ3) is 2.33. The second-order valence-electron chi connectivity index (χ2n) is 5.35. The lowest BCUT2D eigenvalue weighted by Gasteiger charge is -2.25. The van der Waals surface area contributed by atoms with E-state index in [9.17, 15) is 0 Å². The van der Waals surface area contributed by atoms with Crippen LogP contribution in [0.15, 0.2) is 10.6 Å². The molecule has 1 aliphatic rings. The van der Waals surface area contributed by atoms with Crippen molar-refractivity contribution in [1.29, 1.82) is 0 Å². The lowest BCUT2D eigenvalue weighted by molar-refractivity contribution is 0.384. The fourth-order valence-corrected chi connectivity index (χ4v) is 1.88. The van der Waals surface area contributed by atoms with E-state index in [1.165, 1.54) is 19.3 Å². The molecule has 0 saturated carbocycles. The van der Waals surface area contributed by atoms with E-state index in [4.69, 9.17) is 4.52 Å². The molecule has 1 aromatic heterocycles. The molecular formula is C12H20N2O. The molecule has 0 amide bonds. The van der Waals surface area contributed by atoms with Crippen molar-refractivity contribution in [2.24, 2.45) is 0 Å². The summed E-state index contributed by atoms with van der Waals surface area (Å²) in [5.74, 6) is 0.944. The summed E-state index contributed by atoms with van der Waals surface area (Å²) in [7, 11) is 0. The lowest BCUT2D eigenvalue weighted by atomic mass is 9.92. The average Bonchev–Trinajstić information content (AvgIpc) is 2.67. The molecule has 0 spiro atoms. The third-order valence-electron chi connectivity index (χ3n) is 2.93. The van der Waals surface area contributed by atoms with Crippen molar-refractivity contribution < 1.29 is 4.52 Å². The number of piperidine rings is 1. The summed E-state index contributed by atoms with van der Waals surface area (Å²) in [6.07, 6.45) is 3.88. The molecule has 0 bridgehead atoms. The number of nitrogens with zero attached hydrogens (tertiary/aromatic N) is 2. The molecule has 15 heavy (non-hydrogen) atoms. The summed E-state index contributed by atoms with van der Waals surface area (Å²) in [4.78, 5) is 2.30. The average molecular weight is 208 g/mol. The van der Waals surface area contributed by atoms with Gasteiger partial charge in [0.25, 0.3) is 0 Å². The molecule has 0 radical (unpaired) electrons. The van der Waals surface area contributed by atoms with Gasteiger partial charge in [0.2, 0.25) is 5.88 Å². The Balaban J connectivity index is 2.12. The van der Waals surface area contributed by atoms with Gasteiger partial charge >= 0.3 is 0 Å². The van der Waals surface area contributed by atoms with Crippen LogP contribution in [0.25, 0.3) is 0 Å². The summed E-state index contributed by atoms with van der Waals surface area (Å²) in [5, 5.41) is 4.15. The second-order valence-corrected chi connectivity index (χ2v) is 5.35. The first-order valence-corrected chi connectivity index (χ1v) is 5.79. The van der Waals surface area contributed by atoms with Crippen LogP contribution in [0.1, 0.15) is 45.7 Å². The van der Waals surface area contributed by atoms with E-state index in [2.05, 4.69) is 36.9 Å². The highest BCUT2D eigenvalue weighted by Crippen LogP contribution is 2.27. The van der Waals surface area contributed by atoms with Gasteiger partial charge in [0.15, 0.2) is 0 Å². The van der Waals surface area contributed by atoms with E-state index in [1.807, 2.05) is 0 Å². The van der Waals surface area contributed by atoms with Crippen LogP contribution in [-0.4, -0.2) is 18.2 Å². The van der Waals surface area contributed by atoms with Gasteiger partial charge < -0.3 is 9.42 Å². The van der Waals surface area contributed by atoms with Crippen molar-refractivity contribution in [2.45, 2.75) is 45.4 Å². The minimum absolute atomic E-state index is 0.0809. The molecule has 0 aliphatic carbocycles. The molecule has 84 valence electrons. The van der Waals surface area contributed by atoms with Crippen LogP contribution in [0.3, 0.4) is 0 Å². The predicted octanol–water partition coefficient (Wildman–Crippen LogP) is 2.96. The molecule has 1 fully saturated rings. The largest absolute Gasteiger partial charge is 0.341 e. The Morgan fingerprint density at radius 3 is 2.40 bits per heavy atom. The Morgan fingerprint density at radius 1 is 1.20 bits per heavy atom. The molecule has 2 heterocycles. The Hall–Kier alpha value is -0.990. The smallest absolute Gasteiger partial charge is 0.227 e.